The first-order chi connectivity index (χ1) is 10.2. The number of benzene rings is 2. The van der Waals surface area contributed by atoms with E-state index < -0.39 is 0 Å². The van der Waals surface area contributed by atoms with Gasteiger partial charge >= 0.3 is 0 Å². The van der Waals surface area contributed by atoms with Crippen LogP contribution in [0.25, 0.3) is 0 Å². The van der Waals surface area contributed by atoms with Crippen LogP contribution in [-0.4, -0.2) is 11.9 Å². The van der Waals surface area contributed by atoms with Gasteiger partial charge < -0.3 is 9.47 Å². The molecule has 0 saturated heterocycles. The molecular weight excluding hydrogens is 264 g/mol. The number of hydrogen-bond donors (Lipinski definition) is 0. The van der Waals surface area contributed by atoms with E-state index in [2.05, 4.69) is 0 Å². The lowest BCUT2D eigenvalue weighted by Gasteiger charge is -2.05. The first kappa shape index (κ1) is 12.6. The number of ketones is 1. The highest BCUT2D eigenvalue weighted by atomic mass is 16.5. The van der Waals surface area contributed by atoms with E-state index in [9.17, 15) is 4.79 Å². The van der Waals surface area contributed by atoms with E-state index in [0.29, 0.717) is 13.2 Å². The smallest absolute Gasteiger partial charge is 0.193 e. The second kappa shape index (κ2) is 4.71. The molecule has 4 rings (SSSR count). The van der Waals surface area contributed by atoms with Crippen molar-refractivity contribution in [3.05, 3.63) is 64.2 Å². The molecule has 0 radical (unpaired) electrons. The molecule has 3 nitrogen and oxygen atoms in total. The van der Waals surface area contributed by atoms with Crippen molar-refractivity contribution in [2.24, 2.45) is 0 Å². The third-order valence-corrected chi connectivity index (χ3v) is 4.14. The monoisotopic (exact) mass is 280 g/mol. The van der Waals surface area contributed by atoms with Crippen LogP contribution in [0.15, 0.2) is 36.4 Å². The van der Waals surface area contributed by atoms with Crippen molar-refractivity contribution in [3.8, 4) is 5.75 Å². The number of carbonyl (C=O) groups excluding carboxylic acids is 1. The Bertz CT molecular complexity index is 733. The van der Waals surface area contributed by atoms with Crippen LogP contribution in [0, 0.1) is 0 Å². The Kier molecular flexibility index (Phi) is 2.82. The van der Waals surface area contributed by atoms with Crippen molar-refractivity contribution < 1.29 is 14.3 Å². The third kappa shape index (κ3) is 2.14. The molecule has 0 bridgehead atoms. The van der Waals surface area contributed by atoms with Crippen molar-refractivity contribution in [2.75, 3.05) is 0 Å². The van der Waals surface area contributed by atoms with Crippen molar-refractivity contribution in [3.63, 3.8) is 0 Å². The fourth-order valence-electron chi connectivity index (χ4n) is 3.04. The topological polar surface area (TPSA) is 35.5 Å². The van der Waals surface area contributed by atoms with Crippen LogP contribution in [-0.2, 0) is 24.4 Å². The second-order valence-corrected chi connectivity index (χ2v) is 5.76. The SMILES string of the molecule is CC1Cc2cc(C(=O)c3ccc4c(c3)COC4)ccc2O1. The molecule has 0 fully saturated rings. The average molecular weight is 280 g/mol. The van der Waals surface area contributed by atoms with Crippen molar-refractivity contribution in [1.82, 2.24) is 0 Å². The van der Waals surface area contributed by atoms with Gasteiger partial charge in [-0.05, 0) is 47.9 Å². The quantitative estimate of drug-likeness (QED) is 0.792. The molecule has 3 heteroatoms. The van der Waals surface area contributed by atoms with Gasteiger partial charge in [0.05, 0.1) is 13.2 Å². The van der Waals surface area contributed by atoms with Crippen LogP contribution >= 0.6 is 0 Å². The van der Waals surface area contributed by atoms with Gasteiger partial charge in [0, 0.05) is 17.5 Å². The fraction of sp³-hybridized carbons (Fsp3) is 0.278. The number of rotatable bonds is 2. The van der Waals surface area contributed by atoms with E-state index >= 15 is 0 Å². The zero-order valence-electron chi connectivity index (χ0n) is 11.9. The summed E-state index contributed by atoms with van der Waals surface area (Å²) in [6, 6.07) is 11.6. The average Bonchev–Trinajstić information content (AvgIpc) is 3.09. The van der Waals surface area contributed by atoms with Gasteiger partial charge in [0.2, 0.25) is 0 Å². The molecule has 2 aromatic carbocycles. The van der Waals surface area contributed by atoms with Crippen LogP contribution in [0.3, 0.4) is 0 Å². The summed E-state index contributed by atoms with van der Waals surface area (Å²) in [6.45, 7) is 3.30. The Morgan fingerprint density at radius 3 is 2.57 bits per heavy atom. The minimum atomic E-state index is 0.0621. The molecule has 0 N–H and O–H groups in total. The van der Waals surface area contributed by atoms with Crippen LogP contribution in [0.5, 0.6) is 5.75 Å². The van der Waals surface area contributed by atoms with E-state index in [1.54, 1.807) is 0 Å². The predicted octanol–water partition coefficient (Wildman–Crippen LogP) is 3.27. The van der Waals surface area contributed by atoms with Gasteiger partial charge in [-0.1, -0.05) is 12.1 Å². The molecule has 0 spiro atoms. The van der Waals surface area contributed by atoms with Gasteiger partial charge in [-0.2, -0.15) is 0 Å². The van der Waals surface area contributed by atoms with Crippen molar-refractivity contribution in [2.45, 2.75) is 32.7 Å². The van der Waals surface area contributed by atoms with Crippen LogP contribution in [0.4, 0.5) is 0 Å². The van der Waals surface area contributed by atoms with E-state index in [0.717, 1.165) is 34.4 Å². The molecule has 0 amide bonds. The number of hydrogen-bond acceptors (Lipinski definition) is 3. The van der Waals surface area contributed by atoms with E-state index in [1.807, 2.05) is 43.3 Å². The maximum Gasteiger partial charge on any atom is 0.193 e. The van der Waals surface area contributed by atoms with E-state index in [1.165, 1.54) is 5.56 Å². The minimum Gasteiger partial charge on any atom is -0.490 e. The lowest BCUT2D eigenvalue weighted by molar-refractivity contribution is 0.103. The van der Waals surface area contributed by atoms with Gasteiger partial charge in [-0.25, -0.2) is 0 Å². The van der Waals surface area contributed by atoms with Crippen LogP contribution < -0.4 is 4.74 Å². The molecule has 2 aliphatic rings. The van der Waals surface area contributed by atoms with Crippen LogP contribution in [0.2, 0.25) is 0 Å². The highest BCUT2D eigenvalue weighted by molar-refractivity contribution is 6.09. The molecule has 1 atom stereocenters. The van der Waals surface area contributed by atoms with E-state index in [-0.39, 0.29) is 11.9 Å². The molecule has 1 unspecified atom stereocenters. The Morgan fingerprint density at radius 2 is 1.71 bits per heavy atom. The second-order valence-electron chi connectivity index (χ2n) is 5.76. The molecule has 0 aromatic heterocycles. The summed E-state index contributed by atoms with van der Waals surface area (Å²) in [5.41, 5.74) is 4.89. The number of fused-ring (bicyclic) bond motifs is 2. The normalized spacial score (nSPS) is 19.0. The van der Waals surface area contributed by atoms with Gasteiger partial charge in [0.15, 0.2) is 5.78 Å². The van der Waals surface area contributed by atoms with E-state index in [4.69, 9.17) is 9.47 Å². The Balaban J connectivity index is 1.68. The molecule has 2 aliphatic heterocycles. The van der Waals surface area contributed by atoms with Crippen molar-refractivity contribution in [1.29, 1.82) is 0 Å². The highest BCUT2D eigenvalue weighted by Crippen LogP contribution is 2.30. The van der Waals surface area contributed by atoms with Gasteiger partial charge in [-0.15, -0.1) is 0 Å². The summed E-state index contributed by atoms with van der Waals surface area (Å²) >= 11 is 0. The van der Waals surface area contributed by atoms with Gasteiger partial charge in [0.1, 0.15) is 11.9 Å². The molecule has 0 aliphatic carbocycles. The third-order valence-electron chi connectivity index (χ3n) is 4.14. The first-order valence-electron chi connectivity index (χ1n) is 7.24. The lowest BCUT2D eigenvalue weighted by Crippen LogP contribution is -2.05. The zero-order valence-corrected chi connectivity index (χ0v) is 11.9. The number of ether oxygens (including phenoxy) is 2. The highest BCUT2D eigenvalue weighted by Gasteiger charge is 2.21. The van der Waals surface area contributed by atoms with Gasteiger partial charge in [-0.3, -0.25) is 4.79 Å². The number of carbonyl (C=O) groups is 1. The maximum atomic E-state index is 12.6. The predicted molar refractivity (Wildman–Crippen MR) is 78.6 cm³/mol. The minimum absolute atomic E-state index is 0.0621. The molecule has 0 saturated carbocycles. The summed E-state index contributed by atoms with van der Waals surface area (Å²) in [5.74, 6) is 0.966. The summed E-state index contributed by atoms with van der Waals surface area (Å²) in [5, 5.41) is 0. The zero-order chi connectivity index (χ0) is 14.4. The van der Waals surface area contributed by atoms with Gasteiger partial charge in [0.25, 0.3) is 0 Å². The van der Waals surface area contributed by atoms with Crippen LogP contribution in [0.1, 0.15) is 39.5 Å². The maximum absolute atomic E-state index is 12.6. The molecule has 2 aromatic rings. The molecule has 2 heterocycles. The summed E-state index contributed by atoms with van der Waals surface area (Å²) in [6.07, 6.45) is 1.07. The summed E-state index contributed by atoms with van der Waals surface area (Å²) in [4.78, 5) is 12.6. The lowest BCUT2D eigenvalue weighted by atomic mass is 9.97. The Labute approximate surface area is 123 Å². The fourth-order valence-corrected chi connectivity index (χ4v) is 3.04. The van der Waals surface area contributed by atoms with Crippen molar-refractivity contribution >= 4 is 5.78 Å². The molecule has 21 heavy (non-hydrogen) atoms. The summed E-state index contributed by atoms with van der Waals surface area (Å²) in [7, 11) is 0. The Morgan fingerprint density at radius 1 is 1.00 bits per heavy atom. The largest absolute Gasteiger partial charge is 0.490 e. The molecule has 106 valence electrons. The molecular formula is C18H16O3. The Hall–Kier alpha value is -2.13. The standard InChI is InChI=1S/C18H16O3/c1-11-6-15-7-13(4-5-17(15)21-11)18(19)12-2-3-14-9-20-10-16(14)8-12/h2-5,7-8,11H,6,9-10H2,1H3. The summed E-state index contributed by atoms with van der Waals surface area (Å²) < 4.78 is 11.1. The first-order valence-corrected chi connectivity index (χ1v) is 7.24.